The van der Waals surface area contributed by atoms with Gasteiger partial charge in [-0.15, -0.1) is 0 Å². The summed E-state index contributed by atoms with van der Waals surface area (Å²) >= 11 is 0. The SMILES string of the molecule is CCC(C)NC(=O)c1ccnc(Nc2ccc(F)c(F)c2)n1. The third-order valence-corrected chi connectivity index (χ3v) is 3.05. The molecule has 1 atom stereocenters. The van der Waals surface area contributed by atoms with Gasteiger partial charge in [-0.25, -0.2) is 18.7 Å². The molecular formula is C15H16F2N4O. The second-order valence-electron chi connectivity index (χ2n) is 4.80. The van der Waals surface area contributed by atoms with Gasteiger partial charge in [0.2, 0.25) is 5.95 Å². The molecule has 2 rings (SSSR count). The van der Waals surface area contributed by atoms with Crippen LogP contribution in [0.5, 0.6) is 0 Å². The second-order valence-corrected chi connectivity index (χ2v) is 4.80. The molecule has 0 aliphatic carbocycles. The molecule has 0 fully saturated rings. The van der Waals surface area contributed by atoms with Gasteiger partial charge in [-0.1, -0.05) is 6.92 Å². The number of carbonyl (C=O) groups excluding carboxylic acids is 1. The number of rotatable bonds is 5. The number of nitrogens with zero attached hydrogens (tertiary/aromatic N) is 2. The largest absolute Gasteiger partial charge is 0.348 e. The zero-order valence-electron chi connectivity index (χ0n) is 12.2. The van der Waals surface area contributed by atoms with Crippen molar-refractivity contribution in [3.8, 4) is 0 Å². The number of amides is 1. The summed E-state index contributed by atoms with van der Waals surface area (Å²) < 4.78 is 26.0. The number of hydrogen-bond donors (Lipinski definition) is 2. The van der Waals surface area contributed by atoms with Crippen molar-refractivity contribution in [3.63, 3.8) is 0 Å². The van der Waals surface area contributed by atoms with E-state index in [9.17, 15) is 13.6 Å². The topological polar surface area (TPSA) is 66.9 Å². The molecule has 2 aromatic rings. The quantitative estimate of drug-likeness (QED) is 0.891. The normalized spacial score (nSPS) is 11.8. The summed E-state index contributed by atoms with van der Waals surface area (Å²) in [6, 6.07) is 4.86. The van der Waals surface area contributed by atoms with Crippen molar-refractivity contribution in [3.05, 3.63) is 47.8 Å². The standard InChI is InChI=1S/C15H16F2N4O/c1-3-9(2)19-14(22)13-6-7-18-15(21-13)20-10-4-5-11(16)12(17)8-10/h4-9H,3H2,1-2H3,(H,19,22)(H,18,20,21). The number of hydrogen-bond acceptors (Lipinski definition) is 4. The van der Waals surface area contributed by atoms with Gasteiger partial charge < -0.3 is 10.6 Å². The average Bonchev–Trinajstić information content (AvgIpc) is 2.51. The number of halogens is 2. The van der Waals surface area contributed by atoms with Crippen LogP contribution in [0.3, 0.4) is 0 Å². The van der Waals surface area contributed by atoms with Gasteiger partial charge in [0, 0.05) is 24.0 Å². The summed E-state index contributed by atoms with van der Waals surface area (Å²) in [5.41, 5.74) is 0.485. The number of nitrogens with one attached hydrogen (secondary N) is 2. The van der Waals surface area contributed by atoms with E-state index in [1.165, 1.54) is 18.3 Å². The van der Waals surface area contributed by atoms with Crippen LogP contribution in [0.4, 0.5) is 20.4 Å². The van der Waals surface area contributed by atoms with E-state index in [0.29, 0.717) is 5.69 Å². The first-order valence-corrected chi connectivity index (χ1v) is 6.85. The maximum atomic E-state index is 13.2. The van der Waals surface area contributed by atoms with Crippen LogP contribution < -0.4 is 10.6 Å². The minimum Gasteiger partial charge on any atom is -0.348 e. The number of benzene rings is 1. The number of carbonyl (C=O) groups is 1. The highest BCUT2D eigenvalue weighted by Gasteiger charge is 2.11. The molecule has 0 bridgehead atoms. The highest BCUT2D eigenvalue weighted by molar-refractivity contribution is 5.92. The monoisotopic (exact) mass is 306 g/mol. The summed E-state index contributed by atoms with van der Waals surface area (Å²) in [7, 11) is 0. The Hall–Kier alpha value is -2.57. The Morgan fingerprint density at radius 1 is 1.27 bits per heavy atom. The van der Waals surface area contributed by atoms with E-state index in [1.807, 2.05) is 13.8 Å². The molecule has 7 heteroatoms. The van der Waals surface area contributed by atoms with Gasteiger partial charge in [0.05, 0.1) is 0 Å². The lowest BCUT2D eigenvalue weighted by atomic mass is 10.2. The summed E-state index contributed by atoms with van der Waals surface area (Å²) in [6.45, 7) is 3.85. The van der Waals surface area contributed by atoms with Crippen molar-refractivity contribution < 1.29 is 13.6 Å². The lowest BCUT2D eigenvalue weighted by Gasteiger charge is -2.11. The Balaban J connectivity index is 2.14. The lowest BCUT2D eigenvalue weighted by Crippen LogP contribution is -2.32. The Kier molecular flexibility index (Phi) is 4.98. The van der Waals surface area contributed by atoms with E-state index in [0.717, 1.165) is 18.6 Å². The summed E-state index contributed by atoms with van der Waals surface area (Å²) in [5, 5.41) is 5.51. The van der Waals surface area contributed by atoms with Crippen LogP contribution in [-0.4, -0.2) is 21.9 Å². The van der Waals surface area contributed by atoms with Crippen molar-refractivity contribution in [2.24, 2.45) is 0 Å². The van der Waals surface area contributed by atoms with E-state index in [2.05, 4.69) is 20.6 Å². The van der Waals surface area contributed by atoms with Gasteiger partial charge in [-0.2, -0.15) is 0 Å². The number of aromatic nitrogens is 2. The fraction of sp³-hybridized carbons (Fsp3) is 0.267. The summed E-state index contributed by atoms with van der Waals surface area (Å²) in [5.74, 6) is -2.10. The Morgan fingerprint density at radius 2 is 2.05 bits per heavy atom. The van der Waals surface area contributed by atoms with Crippen LogP contribution in [0.25, 0.3) is 0 Å². The summed E-state index contributed by atoms with van der Waals surface area (Å²) in [6.07, 6.45) is 2.22. The first-order chi connectivity index (χ1) is 10.5. The Bertz CT molecular complexity index is 678. The molecule has 0 saturated carbocycles. The van der Waals surface area contributed by atoms with Crippen molar-refractivity contribution in [2.75, 3.05) is 5.32 Å². The minimum atomic E-state index is -0.976. The smallest absolute Gasteiger partial charge is 0.270 e. The van der Waals surface area contributed by atoms with E-state index in [-0.39, 0.29) is 23.6 Å². The predicted molar refractivity (Wildman–Crippen MR) is 78.9 cm³/mol. The molecular weight excluding hydrogens is 290 g/mol. The zero-order chi connectivity index (χ0) is 16.1. The first-order valence-electron chi connectivity index (χ1n) is 6.85. The average molecular weight is 306 g/mol. The number of anilines is 2. The molecule has 2 N–H and O–H groups in total. The van der Waals surface area contributed by atoms with E-state index in [1.54, 1.807) is 0 Å². The molecule has 1 amide bonds. The minimum absolute atomic E-state index is 0.0325. The van der Waals surface area contributed by atoms with Gasteiger partial charge in [0.25, 0.3) is 5.91 Å². The highest BCUT2D eigenvalue weighted by atomic mass is 19.2. The van der Waals surface area contributed by atoms with Gasteiger partial charge in [0.15, 0.2) is 11.6 Å². The van der Waals surface area contributed by atoms with Crippen molar-refractivity contribution in [2.45, 2.75) is 26.3 Å². The van der Waals surface area contributed by atoms with Crippen LogP contribution in [0.15, 0.2) is 30.5 Å². The van der Waals surface area contributed by atoms with Crippen molar-refractivity contribution in [1.29, 1.82) is 0 Å². The maximum absolute atomic E-state index is 13.2. The van der Waals surface area contributed by atoms with Crippen LogP contribution in [0.1, 0.15) is 30.8 Å². The molecule has 1 unspecified atom stereocenters. The fourth-order valence-electron chi connectivity index (χ4n) is 1.65. The van der Waals surface area contributed by atoms with Crippen LogP contribution in [0.2, 0.25) is 0 Å². The molecule has 0 aliphatic heterocycles. The molecule has 0 aliphatic rings. The predicted octanol–water partition coefficient (Wildman–Crippen LogP) is 3.03. The maximum Gasteiger partial charge on any atom is 0.270 e. The van der Waals surface area contributed by atoms with Gasteiger partial charge >= 0.3 is 0 Å². The van der Waals surface area contributed by atoms with Crippen LogP contribution in [0, 0.1) is 11.6 Å². The van der Waals surface area contributed by atoms with Crippen LogP contribution >= 0.6 is 0 Å². The molecule has 5 nitrogen and oxygen atoms in total. The van der Waals surface area contributed by atoms with Crippen molar-refractivity contribution in [1.82, 2.24) is 15.3 Å². The molecule has 1 aromatic heterocycles. The van der Waals surface area contributed by atoms with Gasteiger partial charge in [-0.05, 0) is 31.5 Å². The molecule has 0 saturated heterocycles. The van der Waals surface area contributed by atoms with E-state index in [4.69, 9.17) is 0 Å². The molecule has 0 spiro atoms. The first kappa shape index (κ1) is 15.8. The van der Waals surface area contributed by atoms with Crippen molar-refractivity contribution >= 4 is 17.5 Å². The summed E-state index contributed by atoms with van der Waals surface area (Å²) in [4.78, 5) is 20.0. The van der Waals surface area contributed by atoms with E-state index >= 15 is 0 Å². The third kappa shape index (κ3) is 3.97. The highest BCUT2D eigenvalue weighted by Crippen LogP contribution is 2.16. The second kappa shape index (κ2) is 6.93. The Labute approximate surface area is 126 Å². The molecule has 0 radical (unpaired) electrons. The van der Waals surface area contributed by atoms with Crippen LogP contribution in [-0.2, 0) is 0 Å². The van der Waals surface area contributed by atoms with E-state index < -0.39 is 11.6 Å². The molecule has 1 aromatic carbocycles. The van der Waals surface area contributed by atoms with Gasteiger partial charge in [0.1, 0.15) is 5.69 Å². The molecule has 1 heterocycles. The fourth-order valence-corrected chi connectivity index (χ4v) is 1.65. The molecule has 22 heavy (non-hydrogen) atoms. The lowest BCUT2D eigenvalue weighted by molar-refractivity contribution is 0.0934. The van der Waals surface area contributed by atoms with Gasteiger partial charge in [-0.3, -0.25) is 4.79 Å². The third-order valence-electron chi connectivity index (χ3n) is 3.05. The Morgan fingerprint density at radius 3 is 2.73 bits per heavy atom. The zero-order valence-corrected chi connectivity index (χ0v) is 12.2. The molecule has 116 valence electrons.